The first-order valence-corrected chi connectivity index (χ1v) is 8.86. The van der Waals surface area contributed by atoms with Crippen molar-refractivity contribution in [2.24, 2.45) is 0 Å². The maximum Gasteiger partial charge on any atom is 0.241 e. The van der Waals surface area contributed by atoms with Crippen molar-refractivity contribution in [1.29, 1.82) is 0 Å². The molecule has 2 aromatic rings. The third-order valence-electron chi connectivity index (χ3n) is 4.97. The van der Waals surface area contributed by atoms with Crippen LogP contribution >= 0.6 is 0 Å². The molecule has 4 rings (SSSR count). The second-order valence-electron chi connectivity index (χ2n) is 6.49. The quantitative estimate of drug-likeness (QED) is 0.838. The molecular weight excluding hydrogens is 318 g/mol. The Morgan fingerprint density at radius 3 is 3.08 bits per heavy atom. The number of hydrogen-bond donors (Lipinski definition) is 0. The zero-order chi connectivity index (χ0) is 17.2. The van der Waals surface area contributed by atoms with Crippen molar-refractivity contribution in [1.82, 2.24) is 19.7 Å². The number of para-hydroxylation sites is 1. The Morgan fingerprint density at radius 1 is 1.32 bits per heavy atom. The van der Waals surface area contributed by atoms with E-state index < -0.39 is 0 Å². The van der Waals surface area contributed by atoms with Crippen LogP contribution in [0.1, 0.15) is 24.4 Å². The maximum atomic E-state index is 12.8. The van der Waals surface area contributed by atoms with E-state index in [1.165, 1.54) is 5.56 Å². The summed E-state index contributed by atoms with van der Waals surface area (Å²) in [6.07, 6.45) is 2.53. The van der Waals surface area contributed by atoms with Crippen LogP contribution in [0.4, 0.5) is 5.69 Å². The molecule has 7 nitrogen and oxygen atoms in total. The summed E-state index contributed by atoms with van der Waals surface area (Å²) in [7, 11) is 0. The first kappa shape index (κ1) is 16.2. The summed E-state index contributed by atoms with van der Waals surface area (Å²) in [5.74, 6) is 0.994. The van der Waals surface area contributed by atoms with Crippen LogP contribution in [0.5, 0.6) is 0 Å². The lowest BCUT2D eigenvalue weighted by Crippen LogP contribution is -2.45. The number of aryl methyl sites for hydroxylation is 1. The van der Waals surface area contributed by atoms with Crippen LogP contribution in [-0.2, 0) is 22.5 Å². The molecule has 2 aliphatic heterocycles. The Morgan fingerprint density at radius 2 is 2.20 bits per heavy atom. The minimum Gasteiger partial charge on any atom is -0.368 e. The third kappa shape index (κ3) is 3.17. The molecule has 3 heterocycles. The van der Waals surface area contributed by atoms with Crippen LogP contribution in [0.25, 0.3) is 0 Å². The van der Waals surface area contributed by atoms with E-state index in [1.54, 1.807) is 6.33 Å². The number of morpholine rings is 1. The minimum absolute atomic E-state index is 0.130. The Bertz CT molecular complexity index is 759. The molecule has 0 spiro atoms. The number of anilines is 1. The summed E-state index contributed by atoms with van der Waals surface area (Å²) in [6, 6.07) is 8.16. The van der Waals surface area contributed by atoms with Gasteiger partial charge in [-0.1, -0.05) is 18.2 Å². The molecule has 1 unspecified atom stereocenters. The van der Waals surface area contributed by atoms with Crippen molar-refractivity contribution >= 4 is 11.6 Å². The summed E-state index contributed by atoms with van der Waals surface area (Å²) < 4.78 is 7.86. The fraction of sp³-hybridized carbons (Fsp3) is 0.500. The van der Waals surface area contributed by atoms with Crippen LogP contribution in [-0.4, -0.2) is 58.4 Å². The highest BCUT2D eigenvalue weighted by atomic mass is 16.5. The van der Waals surface area contributed by atoms with Crippen LogP contribution in [0.2, 0.25) is 0 Å². The van der Waals surface area contributed by atoms with Crippen molar-refractivity contribution < 1.29 is 9.53 Å². The monoisotopic (exact) mass is 341 g/mol. The smallest absolute Gasteiger partial charge is 0.241 e. The van der Waals surface area contributed by atoms with Gasteiger partial charge in [0.25, 0.3) is 0 Å². The number of carbonyl (C=O) groups is 1. The highest BCUT2D eigenvalue weighted by molar-refractivity contribution is 5.96. The summed E-state index contributed by atoms with van der Waals surface area (Å²) in [6.45, 7) is 6.08. The van der Waals surface area contributed by atoms with Gasteiger partial charge < -0.3 is 14.2 Å². The molecule has 132 valence electrons. The topological polar surface area (TPSA) is 63.5 Å². The van der Waals surface area contributed by atoms with Crippen molar-refractivity contribution in [3.05, 3.63) is 42.0 Å². The summed E-state index contributed by atoms with van der Waals surface area (Å²) in [4.78, 5) is 16.9. The average Bonchev–Trinajstić information content (AvgIpc) is 3.28. The number of carbonyl (C=O) groups excluding carboxylic acids is 1. The molecule has 1 fully saturated rings. The van der Waals surface area contributed by atoms with Crippen molar-refractivity contribution in [3.8, 4) is 0 Å². The molecule has 7 heteroatoms. The van der Waals surface area contributed by atoms with E-state index >= 15 is 0 Å². The minimum atomic E-state index is -0.130. The van der Waals surface area contributed by atoms with E-state index in [-0.39, 0.29) is 12.0 Å². The van der Waals surface area contributed by atoms with Gasteiger partial charge in [-0.3, -0.25) is 9.69 Å². The molecule has 0 aliphatic carbocycles. The SMILES string of the molecule is CCn1cnnc1C1CN(CC(=O)N2CCc3ccccc32)CCO1. The molecule has 1 aromatic heterocycles. The highest BCUT2D eigenvalue weighted by Crippen LogP contribution is 2.28. The van der Waals surface area contributed by atoms with Gasteiger partial charge in [-0.25, -0.2) is 0 Å². The predicted octanol–water partition coefficient (Wildman–Crippen LogP) is 1.26. The Balaban J connectivity index is 1.42. The first-order chi connectivity index (χ1) is 12.3. The molecule has 1 atom stereocenters. The lowest BCUT2D eigenvalue weighted by atomic mass is 10.2. The number of amides is 1. The summed E-state index contributed by atoms with van der Waals surface area (Å²) in [5.41, 5.74) is 2.31. The number of ether oxygens (including phenoxy) is 1. The van der Waals surface area contributed by atoms with E-state index in [1.807, 2.05) is 27.7 Å². The number of nitrogens with zero attached hydrogens (tertiary/aromatic N) is 5. The molecule has 1 aromatic carbocycles. The van der Waals surface area contributed by atoms with Crippen LogP contribution in [0, 0.1) is 0 Å². The average molecular weight is 341 g/mol. The van der Waals surface area contributed by atoms with Gasteiger partial charge >= 0.3 is 0 Å². The predicted molar refractivity (Wildman–Crippen MR) is 93.3 cm³/mol. The Kier molecular flexibility index (Phi) is 4.50. The van der Waals surface area contributed by atoms with E-state index in [0.29, 0.717) is 19.7 Å². The molecule has 0 N–H and O–H groups in total. The van der Waals surface area contributed by atoms with Crippen LogP contribution in [0.15, 0.2) is 30.6 Å². The number of rotatable bonds is 4. The van der Waals surface area contributed by atoms with E-state index in [0.717, 1.165) is 37.6 Å². The highest BCUT2D eigenvalue weighted by Gasteiger charge is 2.30. The van der Waals surface area contributed by atoms with E-state index in [2.05, 4.69) is 28.1 Å². The molecule has 2 aliphatic rings. The molecular formula is C18H23N5O2. The van der Waals surface area contributed by atoms with Gasteiger partial charge in [0.1, 0.15) is 12.4 Å². The van der Waals surface area contributed by atoms with Crippen molar-refractivity contribution in [2.45, 2.75) is 26.0 Å². The molecule has 0 radical (unpaired) electrons. The largest absolute Gasteiger partial charge is 0.368 e. The molecule has 1 saturated heterocycles. The van der Waals surface area contributed by atoms with Gasteiger partial charge in [-0.15, -0.1) is 10.2 Å². The van der Waals surface area contributed by atoms with Gasteiger partial charge in [0.05, 0.1) is 13.2 Å². The number of benzene rings is 1. The van der Waals surface area contributed by atoms with Gasteiger partial charge in [0, 0.05) is 31.9 Å². The van der Waals surface area contributed by atoms with Crippen LogP contribution < -0.4 is 4.90 Å². The van der Waals surface area contributed by atoms with Gasteiger partial charge in [0.2, 0.25) is 5.91 Å². The standard InChI is InChI=1S/C18H23N5O2/c1-2-22-13-19-20-18(22)16-11-21(9-10-25-16)12-17(24)23-8-7-14-5-3-4-6-15(14)23/h3-6,13,16H,2,7-12H2,1H3. The van der Waals surface area contributed by atoms with E-state index in [4.69, 9.17) is 4.74 Å². The van der Waals surface area contributed by atoms with Crippen molar-refractivity contribution in [3.63, 3.8) is 0 Å². The van der Waals surface area contributed by atoms with Crippen molar-refractivity contribution in [2.75, 3.05) is 37.7 Å². The fourth-order valence-electron chi connectivity index (χ4n) is 3.63. The molecule has 0 bridgehead atoms. The molecule has 25 heavy (non-hydrogen) atoms. The normalized spacial score (nSPS) is 20.7. The molecule has 0 saturated carbocycles. The Labute approximate surface area is 147 Å². The lowest BCUT2D eigenvalue weighted by molar-refractivity contribution is -0.122. The second-order valence-corrected chi connectivity index (χ2v) is 6.49. The third-order valence-corrected chi connectivity index (χ3v) is 4.97. The number of hydrogen-bond acceptors (Lipinski definition) is 5. The zero-order valence-corrected chi connectivity index (χ0v) is 14.5. The number of fused-ring (bicyclic) bond motifs is 1. The fourth-order valence-corrected chi connectivity index (χ4v) is 3.63. The van der Waals surface area contributed by atoms with Gasteiger partial charge in [-0.05, 0) is 25.0 Å². The zero-order valence-electron chi connectivity index (χ0n) is 14.5. The summed E-state index contributed by atoms with van der Waals surface area (Å²) >= 11 is 0. The van der Waals surface area contributed by atoms with Gasteiger partial charge in [0.15, 0.2) is 5.82 Å². The number of aromatic nitrogens is 3. The molecule has 1 amide bonds. The van der Waals surface area contributed by atoms with Crippen LogP contribution in [0.3, 0.4) is 0 Å². The van der Waals surface area contributed by atoms with E-state index in [9.17, 15) is 4.79 Å². The first-order valence-electron chi connectivity index (χ1n) is 8.86. The second kappa shape index (κ2) is 6.93. The van der Waals surface area contributed by atoms with Gasteiger partial charge in [-0.2, -0.15) is 0 Å². The maximum absolute atomic E-state index is 12.8. The Hall–Kier alpha value is -2.25. The summed E-state index contributed by atoms with van der Waals surface area (Å²) in [5, 5.41) is 8.18. The lowest BCUT2D eigenvalue weighted by Gasteiger charge is -2.33.